The van der Waals surface area contributed by atoms with Gasteiger partial charge in [0.15, 0.2) is 0 Å². The molecular formula is C26H34F2N4O2. The molecule has 0 saturated heterocycles. The summed E-state index contributed by atoms with van der Waals surface area (Å²) in [5.74, 6) is -1.65. The summed E-state index contributed by atoms with van der Waals surface area (Å²) in [5.41, 5.74) is 7.65. The fraction of sp³-hybridized carbons (Fsp3) is 0.423. The minimum absolute atomic E-state index is 0.0887. The first kappa shape index (κ1) is 27.1. The molecule has 1 aromatic carbocycles. The molecule has 6 nitrogen and oxygen atoms in total. The lowest BCUT2D eigenvalue weighted by Gasteiger charge is -2.29. The quantitative estimate of drug-likeness (QED) is 0.534. The smallest absolute Gasteiger partial charge is 0.410 e. The fourth-order valence-corrected chi connectivity index (χ4v) is 3.36. The lowest BCUT2D eigenvalue weighted by Crippen LogP contribution is -2.41. The molecule has 184 valence electrons. The molecule has 0 saturated carbocycles. The molecule has 2 rings (SSSR count). The van der Waals surface area contributed by atoms with Gasteiger partial charge in [-0.05, 0) is 58.4 Å². The van der Waals surface area contributed by atoms with Crippen molar-refractivity contribution in [2.24, 2.45) is 11.7 Å². The lowest BCUT2D eigenvalue weighted by atomic mass is 9.94. The first-order valence-corrected chi connectivity index (χ1v) is 11.2. The number of nitrogens with two attached hydrogens (primary N) is 1. The molecule has 2 aromatic rings. The van der Waals surface area contributed by atoms with E-state index < -0.39 is 23.3 Å². The van der Waals surface area contributed by atoms with Gasteiger partial charge in [-0.2, -0.15) is 0 Å². The average Bonchev–Trinajstić information content (AvgIpc) is 2.71. The molecule has 0 fully saturated rings. The van der Waals surface area contributed by atoms with Crippen LogP contribution in [0.4, 0.5) is 13.6 Å². The van der Waals surface area contributed by atoms with Crippen molar-refractivity contribution in [3.05, 3.63) is 59.3 Å². The third-order valence-corrected chi connectivity index (χ3v) is 4.93. The Morgan fingerprint density at radius 3 is 2.38 bits per heavy atom. The summed E-state index contributed by atoms with van der Waals surface area (Å²) in [6.45, 7) is 16.2. The first-order valence-electron chi connectivity index (χ1n) is 11.2. The van der Waals surface area contributed by atoms with Crippen LogP contribution in [-0.4, -0.2) is 46.4 Å². The molecule has 0 aliphatic rings. The van der Waals surface area contributed by atoms with E-state index in [0.717, 1.165) is 5.57 Å². The van der Waals surface area contributed by atoms with Gasteiger partial charge in [-0.15, -0.1) is 10.2 Å². The van der Waals surface area contributed by atoms with Gasteiger partial charge in [0.05, 0.1) is 17.0 Å². The Balaban J connectivity index is 2.40. The van der Waals surface area contributed by atoms with E-state index in [-0.39, 0.29) is 23.7 Å². The van der Waals surface area contributed by atoms with Crippen molar-refractivity contribution in [2.75, 3.05) is 19.6 Å². The number of aromatic nitrogens is 2. The Morgan fingerprint density at radius 1 is 1.24 bits per heavy atom. The maximum atomic E-state index is 14.3. The number of allylic oxidation sites excluding steroid dienone is 1. The fourth-order valence-electron chi connectivity index (χ4n) is 3.36. The largest absolute Gasteiger partial charge is 0.444 e. The molecule has 2 N–H and O–H groups in total. The molecule has 0 spiro atoms. The average molecular weight is 473 g/mol. The summed E-state index contributed by atoms with van der Waals surface area (Å²) in [6, 6.07) is 5.26. The molecule has 8 heteroatoms. The van der Waals surface area contributed by atoms with Crippen LogP contribution in [0.2, 0.25) is 0 Å². The highest BCUT2D eigenvalue weighted by atomic mass is 19.1. The topological polar surface area (TPSA) is 81.3 Å². The Morgan fingerprint density at radius 2 is 1.85 bits per heavy atom. The van der Waals surface area contributed by atoms with Crippen LogP contribution in [0.3, 0.4) is 0 Å². The van der Waals surface area contributed by atoms with Crippen molar-refractivity contribution >= 4 is 17.7 Å². The van der Waals surface area contributed by atoms with Crippen LogP contribution in [0, 0.1) is 17.6 Å². The van der Waals surface area contributed by atoms with E-state index in [9.17, 15) is 13.6 Å². The van der Waals surface area contributed by atoms with Gasteiger partial charge in [-0.3, -0.25) is 0 Å². The van der Waals surface area contributed by atoms with E-state index in [4.69, 9.17) is 10.5 Å². The van der Waals surface area contributed by atoms with Gasteiger partial charge in [-0.25, -0.2) is 13.6 Å². The summed E-state index contributed by atoms with van der Waals surface area (Å²) in [6.07, 6.45) is 1.40. The van der Waals surface area contributed by atoms with Gasteiger partial charge < -0.3 is 15.4 Å². The van der Waals surface area contributed by atoms with E-state index in [1.807, 2.05) is 26.8 Å². The monoisotopic (exact) mass is 472 g/mol. The van der Waals surface area contributed by atoms with Crippen LogP contribution in [0.1, 0.15) is 52.8 Å². The number of hydrogen-bond donors (Lipinski definition) is 1. The van der Waals surface area contributed by atoms with Gasteiger partial charge in [0.2, 0.25) is 0 Å². The van der Waals surface area contributed by atoms with Crippen LogP contribution in [0.5, 0.6) is 0 Å². The number of hydrogen-bond acceptors (Lipinski definition) is 5. The number of carbonyl (C=O) groups excluding carboxylic acids is 1. The van der Waals surface area contributed by atoms with Gasteiger partial charge in [0.1, 0.15) is 17.2 Å². The Labute approximate surface area is 200 Å². The summed E-state index contributed by atoms with van der Waals surface area (Å²) < 4.78 is 34.1. The molecule has 0 bridgehead atoms. The number of nitrogens with zero attached hydrogens (tertiary/aromatic N) is 3. The van der Waals surface area contributed by atoms with Crippen molar-refractivity contribution in [3.8, 4) is 11.3 Å². The van der Waals surface area contributed by atoms with E-state index in [0.29, 0.717) is 29.9 Å². The minimum atomic E-state index is -0.716. The highest BCUT2D eigenvalue weighted by molar-refractivity contribution is 5.75. The number of benzene rings is 1. The van der Waals surface area contributed by atoms with Crippen molar-refractivity contribution in [2.45, 2.75) is 47.1 Å². The minimum Gasteiger partial charge on any atom is -0.444 e. The van der Waals surface area contributed by atoms with Crippen LogP contribution < -0.4 is 5.73 Å². The van der Waals surface area contributed by atoms with Crippen LogP contribution >= 0.6 is 0 Å². The van der Waals surface area contributed by atoms with Gasteiger partial charge >= 0.3 is 6.09 Å². The maximum Gasteiger partial charge on any atom is 0.410 e. The van der Waals surface area contributed by atoms with Crippen LogP contribution in [-0.2, 0) is 4.74 Å². The van der Waals surface area contributed by atoms with Gasteiger partial charge in [0.25, 0.3) is 0 Å². The van der Waals surface area contributed by atoms with Crippen LogP contribution in [0.25, 0.3) is 22.9 Å². The van der Waals surface area contributed by atoms with Crippen molar-refractivity contribution < 1.29 is 18.3 Å². The standard InChI is InChI=1S/C26H34F2N4O2/c1-16(2)13-19-14-22(23-20(27)9-8-10-21(23)28)30-31-24(19)18(4)17(3)15-32(12-11-29)25(33)34-26(5,6)7/h8-10,13-14,17H,4,11-12,15,29H2,1-3,5-7H3. The second-order valence-corrected chi connectivity index (χ2v) is 9.49. The molecule has 34 heavy (non-hydrogen) atoms. The number of rotatable bonds is 8. The van der Waals surface area contributed by atoms with E-state index in [1.165, 1.54) is 23.1 Å². The summed E-state index contributed by atoms with van der Waals surface area (Å²) >= 11 is 0. The predicted molar refractivity (Wildman–Crippen MR) is 132 cm³/mol. The molecule has 1 aromatic heterocycles. The maximum absolute atomic E-state index is 14.3. The molecule has 0 aliphatic heterocycles. The van der Waals surface area contributed by atoms with E-state index in [2.05, 4.69) is 16.8 Å². The summed E-state index contributed by atoms with van der Waals surface area (Å²) in [5, 5.41) is 8.38. The predicted octanol–water partition coefficient (Wildman–Crippen LogP) is 5.69. The highest BCUT2D eigenvalue weighted by Gasteiger charge is 2.25. The Hall–Kier alpha value is -3.13. The zero-order chi connectivity index (χ0) is 25.6. The molecule has 1 unspecified atom stereocenters. The third-order valence-electron chi connectivity index (χ3n) is 4.93. The number of halogens is 2. The zero-order valence-electron chi connectivity index (χ0n) is 20.8. The number of amides is 1. The van der Waals surface area contributed by atoms with Crippen molar-refractivity contribution in [1.82, 2.24) is 15.1 Å². The molecule has 1 atom stereocenters. The second kappa shape index (κ2) is 11.3. The zero-order valence-corrected chi connectivity index (χ0v) is 20.8. The van der Waals surface area contributed by atoms with Crippen molar-refractivity contribution in [3.63, 3.8) is 0 Å². The van der Waals surface area contributed by atoms with E-state index >= 15 is 0 Å². The molecule has 1 heterocycles. The van der Waals surface area contributed by atoms with Crippen LogP contribution in [0.15, 0.2) is 36.4 Å². The molecule has 0 radical (unpaired) electrons. The summed E-state index contributed by atoms with van der Waals surface area (Å²) in [7, 11) is 0. The Bertz CT molecular complexity index is 1050. The van der Waals surface area contributed by atoms with Gasteiger partial charge in [-0.1, -0.05) is 31.2 Å². The van der Waals surface area contributed by atoms with Crippen molar-refractivity contribution in [1.29, 1.82) is 0 Å². The lowest BCUT2D eigenvalue weighted by molar-refractivity contribution is 0.0242. The molecule has 1 amide bonds. The number of ether oxygens (including phenoxy) is 1. The normalized spacial score (nSPS) is 12.1. The van der Waals surface area contributed by atoms with E-state index in [1.54, 1.807) is 26.8 Å². The SMILES string of the molecule is C=C(c1nnc(-c2c(F)cccc2F)cc1C=C(C)C)C(C)CN(CCN)C(=O)OC(C)(C)C. The molecule has 0 aliphatic carbocycles. The molecular weight excluding hydrogens is 438 g/mol. The first-order chi connectivity index (χ1) is 15.8. The summed E-state index contributed by atoms with van der Waals surface area (Å²) in [4.78, 5) is 14.2. The number of carbonyl (C=O) groups is 1. The second-order valence-electron chi connectivity index (χ2n) is 9.49. The third kappa shape index (κ3) is 7.18. The highest BCUT2D eigenvalue weighted by Crippen LogP contribution is 2.30. The Kier molecular flexibility index (Phi) is 9.04. The van der Waals surface area contributed by atoms with Gasteiger partial charge in [0, 0.05) is 31.1 Å².